The summed E-state index contributed by atoms with van der Waals surface area (Å²) in [4.78, 5) is 27.5. The Morgan fingerprint density at radius 3 is 2.33 bits per heavy atom. The average molecular weight is 423 g/mol. The standard InChI is InChI=1S/C25H27ClN2O2/c26-22-10-4-8-20(16-22)21-9-5-11-23(17-21)27-24(29)18-12-14-28(15-13-18)25(30)19-6-2-1-3-7-19/h1-2,4-5,8-11,16-19H,3,6-7,12-15H2,(H,27,29). The minimum absolute atomic E-state index is 0.0333. The molecule has 2 aromatic rings. The zero-order chi connectivity index (χ0) is 20.9. The molecule has 1 atom stereocenters. The third kappa shape index (κ3) is 4.93. The van der Waals surface area contributed by atoms with E-state index in [-0.39, 0.29) is 23.7 Å². The summed E-state index contributed by atoms with van der Waals surface area (Å²) in [5, 5.41) is 3.75. The second kappa shape index (κ2) is 9.48. The van der Waals surface area contributed by atoms with Crippen molar-refractivity contribution in [3.8, 4) is 11.1 Å². The minimum atomic E-state index is -0.0601. The third-order valence-electron chi connectivity index (χ3n) is 6.08. The van der Waals surface area contributed by atoms with Crippen molar-refractivity contribution in [3.05, 3.63) is 65.7 Å². The number of likely N-dealkylation sites (tertiary alicyclic amines) is 1. The van der Waals surface area contributed by atoms with Crippen LogP contribution >= 0.6 is 11.6 Å². The Labute approximate surface area is 182 Å². The van der Waals surface area contributed by atoms with Gasteiger partial charge in [0.15, 0.2) is 0 Å². The molecule has 0 spiro atoms. The van der Waals surface area contributed by atoms with Crippen molar-refractivity contribution in [2.24, 2.45) is 11.8 Å². The minimum Gasteiger partial charge on any atom is -0.342 e. The highest BCUT2D eigenvalue weighted by Gasteiger charge is 2.30. The highest BCUT2D eigenvalue weighted by molar-refractivity contribution is 6.30. The van der Waals surface area contributed by atoms with E-state index in [9.17, 15) is 9.59 Å². The van der Waals surface area contributed by atoms with Crippen LogP contribution in [0.1, 0.15) is 32.1 Å². The lowest BCUT2D eigenvalue weighted by atomic mass is 9.90. The van der Waals surface area contributed by atoms with Gasteiger partial charge in [-0.2, -0.15) is 0 Å². The van der Waals surface area contributed by atoms with Crippen LogP contribution < -0.4 is 5.32 Å². The van der Waals surface area contributed by atoms with E-state index in [4.69, 9.17) is 11.6 Å². The number of carbonyl (C=O) groups is 2. The van der Waals surface area contributed by atoms with Gasteiger partial charge in [-0.25, -0.2) is 0 Å². The van der Waals surface area contributed by atoms with Crippen molar-refractivity contribution < 1.29 is 9.59 Å². The Kier molecular flexibility index (Phi) is 6.53. The first-order valence-corrected chi connectivity index (χ1v) is 11.1. The van der Waals surface area contributed by atoms with E-state index < -0.39 is 0 Å². The van der Waals surface area contributed by atoms with Crippen LogP contribution in [0.15, 0.2) is 60.7 Å². The molecule has 2 amide bonds. The lowest BCUT2D eigenvalue weighted by Crippen LogP contribution is -2.44. The highest BCUT2D eigenvalue weighted by atomic mass is 35.5. The summed E-state index contributed by atoms with van der Waals surface area (Å²) in [6.45, 7) is 1.33. The number of amides is 2. The van der Waals surface area contributed by atoms with Crippen molar-refractivity contribution >= 4 is 29.1 Å². The molecular formula is C25H27ClN2O2. The molecule has 1 N–H and O–H groups in total. The topological polar surface area (TPSA) is 49.4 Å². The second-order valence-electron chi connectivity index (χ2n) is 8.16. The molecule has 1 fully saturated rings. The molecule has 2 aliphatic rings. The molecule has 4 nitrogen and oxygen atoms in total. The van der Waals surface area contributed by atoms with Crippen LogP contribution in [-0.2, 0) is 9.59 Å². The van der Waals surface area contributed by atoms with Crippen LogP contribution in [0, 0.1) is 11.8 Å². The summed E-state index contributed by atoms with van der Waals surface area (Å²) in [5.41, 5.74) is 2.81. The molecule has 5 heteroatoms. The molecule has 0 aromatic heterocycles. The fraction of sp³-hybridized carbons (Fsp3) is 0.360. The molecular weight excluding hydrogens is 396 g/mol. The first-order chi connectivity index (χ1) is 14.6. The Morgan fingerprint density at radius 1 is 0.900 bits per heavy atom. The van der Waals surface area contributed by atoms with Crippen LogP contribution in [0.2, 0.25) is 5.02 Å². The van der Waals surface area contributed by atoms with Crippen molar-refractivity contribution in [1.29, 1.82) is 0 Å². The molecule has 1 heterocycles. The predicted molar refractivity (Wildman–Crippen MR) is 121 cm³/mol. The van der Waals surface area contributed by atoms with Gasteiger partial charge in [-0.15, -0.1) is 0 Å². The van der Waals surface area contributed by atoms with Gasteiger partial charge < -0.3 is 10.2 Å². The summed E-state index contributed by atoms with van der Waals surface area (Å²) >= 11 is 6.10. The first kappa shape index (κ1) is 20.7. The maximum atomic E-state index is 12.8. The van der Waals surface area contributed by atoms with Crippen LogP contribution in [0.25, 0.3) is 11.1 Å². The van der Waals surface area contributed by atoms with Gasteiger partial charge in [0.05, 0.1) is 0 Å². The number of piperidine rings is 1. The van der Waals surface area contributed by atoms with Gasteiger partial charge in [0, 0.05) is 35.6 Å². The van der Waals surface area contributed by atoms with E-state index in [2.05, 4.69) is 17.5 Å². The van der Waals surface area contributed by atoms with Crippen molar-refractivity contribution in [1.82, 2.24) is 4.90 Å². The lowest BCUT2D eigenvalue weighted by Gasteiger charge is -2.34. The van der Waals surface area contributed by atoms with E-state index in [1.54, 1.807) is 0 Å². The van der Waals surface area contributed by atoms with Crippen LogP contribution in [0.3, 0.4) is 0 Å². The van der Waals surface area contributed by atoms with Gasteiger partial charge in [0.2, 0.25) is 11.8 Å². The van der Waals surface area contributed by atoms with Crippen LogP contribution in [-0.4, -0.2) is 29.8 Å². The van der Waals surface area contributed by atoms with Gasteiger partial charge >= 0.3 is 0 Å². The quantitative estimate of drug-likeness (QED) is 0.657. The number of hydrogen-bond donors (Lipinski definition) is 1. The average Bonchev–Trinajstić information content (AvgIpc) is 2.79. The van der Waals surface area contributed by atoms with E-state index in [1.807, 2.05) is 53.4 Å². The molecule has 1 unspecified atom stereocenters. The molecule has 0 saturated carbocycles. The largest absolute Gasteiger partial charge is 0.342 e. The van der Waals surface area contributed by atoms with Gasteiger partial charge in [-0.05, 0) is 67.5 Å². The summed E-state index contributed by atoms with van der Waals surface area (Å²) < 4.78 is 0. The van der Waals surface area contributed by atoms with Gasteiger partial charge in [-0.3, -0.25) is 9.59 Å². The zero-order valence-electron chi connectivity index (χ0n) is 17.0. The summed E-state index contributed by atoms with van der Waals surface area (Å²) in [7, 11) is 0. The highest BCUT2D eigenvalue weighted by Crippen LogP contribution is 2.27. The first-order valence-electron chi connectivity index (χ1n) is 10.7. The fourth-order valence-electron chi connectivity index (χ4n) is 4.33. The summed E-state index contributed by atoms with van der Waals surface area (Å²) in [5.74, 6) is 0.350. The smallest absolute Gasteiger partial charge is 0.227 e. The molecule has 1 aliphatic carbocycles. The molecule has 1 saturated heterocycles. The SMILES string of the molecule is O=C(Nc1cccc(-c2cccc(Cl)c2)c1)C1CCN(C(=O)C2CC=CCC2)CC1. The second-order valence-corrected chi connectivity index (χ2v) is 8.60. The maximum Gasteiger partial charge on any atom is 0.227 e. The van der Waals surface area contributed by atoms with E-state index in [1.165, 1.54) is 0 Å². The summed E-state index contributed by atoms with van der Waals surface area (Å²) in [6.07, 6.45) is 8.48. The van der Waals surface area contributed by atoms with Crippen molar-refractivity contribution in [2.45, 2.75) is 32.1 Å². The number of nitrogens with one attached hydrogen (secondary N) is 1. The van der Waals surface area contributed by atoms with Crippen molar-refractivity contribution in [3.63, 3.8) is 0 Å². The molecule has 4 rings (SSSR count). The Balaban J connectivity index is 1.33. The third-order valence-corrected chi connectivity index (χ3v) is 6.32. The number of hydrogen-bond acceptors (Lipinski definition) is 2. The van der Waals surface area contributed by atoms with E-state index in [0.29, 0.717) is 31.0 Å². The fourth-order valence-corrected chi connectivity index (χ4v) is 4.52. The van der Waals surface area contributed by atoms with E-state index >= 15 is 0 Å². The number of rotatable bonds is 4. The van der Waals surface area contributed by atoms with Crippen LogP contribution in [0.5, 0.6) is 0 Å². The Hall–Kier alpha value is -2.59. The number of halogens is 1. The van der Waals surface area contributed by atoms with Gasteiger partial charge in [0.25, 0.3) is 0 Å². The van der Waals surface area contributed by atoms with Crippen LogP contribution in [0.4, 0.5) is 5.69 Å². The molecule has 0 radical (unpaired) electrons. The number of nitrogens with zero attached hydrogens (tertiary/aromatic N) is 1. The Morgan fingerprint density at radius 2 is 1.63 bits per heavy atom. The monoisotopic (exact) mass is 422 g/mol. The maximum absolute atomic E-state index is 12.8. The molecule has 156 valence electrons. The summed E-state index contributed by atoms with van der Waals surface area (Å²) in [6, 6.07) is 15.5. The van der Waals surface area contributed by atoms with Gasteiger partial charge in [-0.1, -0.05) is 48.0 Å². The molecule has 0 bridgehead atoms. The molecule has 30 heavy (non-hydrogen) atoms. The van der Waals surface area contributed by atoms with Gasteiger partial charge in [0.1, 0.15) is 0 Å². The number of allylic oxidation sites excluding steroid dienone is 2. The normalized spacial score (nSPS) is 19.5. The van der Waals surface area contributed by atoms with E-state index in [0.717, 1.165) is 36.1 Å². The Bertz CT molecular complexity index is 948. The number of anilines is 1. The van der Waals surface area contributed by atoms with Crippen molar-refractivity contribution in [2.75, 3.05) is 18.4 Å². The zero-order valence-corrected chi connectivity index (χ0v) is 17.8. The predicted octanol–water partition coefficient (Wildman–Crippen LogP) is 5.54. The number of benzene rings is 2. The molecule has 2 aromatic carbocycles. The lowest BCUT2D eigenvalue weighted by molar-refractivity contribution is -0.138. The molecule has 1 aliphatic heterocycles. The number of carbonyl (C=O) groups excluding carboxylic acids is 2.